The number of piperidine rings is 3. The maximum atomic E-state index is 5.81. The minimum atomic E-state index is 0.475. The average Bonchev–Trinajstić information content (AvgIpc) is 2.65. The van der Waals surface area contributed by atoms with Crippen molar-refractivity contribution in [3.63, 3.8) is 0 Å². The van der Waals surface area contributed by atoms with Crippen LogP contribution in [0.4, 0.5) is 5.69 Å². The average molecular weight is 353 g/mol. The number of rotatable bonds is 4. The molecule has 2 aromatic rings. The number of fused-ring (bicyclic) bond motifs is 3. The normalized spacial score (nSPS) is 24.6. The lowest BCUT2D eigenvalue weighted by atomic mass is 9.84. The third-order valence-corrected chi connectivity index (χ3v) is 5.28. The molecule has 130 valence electrons. The van der Waals surface area contributed by atoms with E-state index in [9.17, 15) is 0 Å². The third-order valence-electron chi connectivity index (χ3n) is 5.06. The Morgan fingerprint density at radius 1 is 0.960 bits per heavy atom. The molecule has 3 aliphatic rings. The molecule has 4 nitrogen and oxygen atoms in total. The van der Waals surface area contributed by atoms with Crippen LogP contribution in [-0.2, 0) is 0 Å². The lowest BCUT2D eigenvalue weighted by Crippen LogP contribution is -2.57. The number of anilines is 1. The number of thiocarbonyl (C=S) groups is 1. The third kappa shape index (κ3) is 4.11. The summed E-state index contributed by atoms with van der Waals surface area (Å²) in [4.78, 5) is 2.52. The fourth-order valence-electron chi connectivity index (χ4n) is 3.70. The Bertz CT molecular complexity index is 711. The Kier molecular flexibility index (Phi) is 4.85. The van der Waals surface area contributed by atoms with Crippen LogP contribution in [0.2, 0.25) is 0 Å². The molecule has 1 atom stereocenters. The van der Waals surface area contributed by atoms with E-state index in [2.05, 4.69) is 15.5 Å². The number of hydrogen-bond acceptors (Lipinski definition) is 3. The quantitative estimate of drug-likeness (QED) is 0.817. The van der Waals surface area contributed by atoms with E-state index in [1.165, 1.54) is 25.9 Å². The molecule has 3 aliphatic heterocycles. The predicted molar refractivity (Wildman–Crippen MR) is 105 cm³/mol. The van der Waals surface area contributed by atoms with Gasteiger partial charge in [0.05, 0.1) is 0 Å². The minimum Gasteiger partial charge on any atom is -0.457 e. The van der Waals surface area contributed by atoms with Crippen molar-refractivity contribution in [2.24, 2.45) is 5.92 Å². The monoisotopic (exact) mass is 353 g/mol. The number of nitrogens with zero attached hydrogens (tertiary/aromatic N) is 1. The first-order chi connectivity index (χ1) is 12.3. The van der Waals surface area contributed by atoms with Crippen molar-refractivity contribution in [1.82, 2.24) is 10.2 Å². The van der Waals surface area contributed by atoms with Crippen LogP contribution in [0, 0.1) is 5.92 Å². The van der Waals surface area contributed by atoms with Gasteiger partial charge in [0, 0.05) is 18.3 Å². The Balaban J connectivity index is 1.31. The SMILES string of the molecule is S=C(Nc1ccc(Oc2ccccc2)cc1)N[C@@H]1CN2CCC1CC2. The summed E-state index contributed by atoms with van der Waals surface area (Å²) in [5.74, 6) is 2.40. The van der Waals surface area contributed by atoms with Crippen LogP contribution >= 0.6 is 12.2 Å². The number of hydrogen-bond donors (Lipinski definition) is 2. The van der Waals surface area contributed by atoms with E-state index in [0.717, 1.165) is 29.6 Å². The van der Waals surface area contributed by atoms with Gasteiger partial charge in [-0.25, -0.2) is 0 Å². The van der Waals surface area contributed by atoms with Gasteiger partial charge in [-0.05, 0) is 80.5 Å². The molecule has 0 unspecified atom stereocenters. The standard InChI is InChI=1S/C20H23N3OS/c25-20(22-19-14-23-12-10-15(19)11-13-23)21-16-6-8-18(9-7-16)24-17-4-2-1-3-5-17/h1-9,15,19H,10-14H2,(H2,21,22,25)/t19-/m1/s1. The largest absolute Gasteiger partial charge is 0.457 e. The molecule has 3 saturated heterocycles. The van der Waals surface area contributed by atoms with Crippen molar-refractivity contribution in [3.8, 4) is 11.5 Å². The highest BCUT2D eigenvalue weighted by molar-refractivity contribution is 7.80. The lowest BCUT2D eigenvalue weighted by molar-refractivity contribution is 0.0815. The first-order valence-corrected chi connectivity index (χ1v) is 9.30. The van der Waals surface area contributed by atoms with Crippen molar-refractivity contribution in [2.75, 3.05) is 25.0 Å². The van der Waals surface area contributed by atoms with E-state index in [4.69, 9.17) is 17.0 Å². The molecule has 2 N–H and O–H groups in total. The topological polar surface area (TPSA) is 36.5 Å². The van der Waals surface area contributed by atoms with E-state index in [-0.39, 0.29) is 0 Å². The van der Waals surface area contributed by atoms with Crippen LogP contribution in [0.1, 0.15) is 12.8 Å². The fraction of sp³-hybridized carbons (Fsp3) is 0.350. The van der Waals surface area contributed by atoms with Crippen molar-refractivity contribution < 1.29 is 4.74 Å². The van der Waals surface area contributed by atoms with Crippen LogP contribution in [0.15, 0.2) is 54.6 Å². The number of para-hydroxylation sites is 1. The summed E-state index contributed by atoms with van der Waals surface area (Å²) >= 11 is 5.50. The highest BCUT2D eigenvalue weighted by Crippen LogP contribution is 2.27. The second-order valence-corrected chi connectivity index (χ2v) is 7.19. The number of ether oxygens (including phenoxy) is 1. The predicted octanol–water partition coefficient (Wildman–Crippen LogP) is 3.86. The van der Waals surface area contributed by atoms with Gasteiger partial charge in [0.25, 0.3) is 0 Å². The zero-order valence-corrected chi connectivity index (χ0v) is 15.0. The fourth-order valence-corrected chi connectivity index (χ4v) is 3.96. The molecule has 0 spiro atoms. The van der Waals surface area contributed by atoms with E-state index in [1.807, 2.05) is 54.6 Å². The second kappa shape index (κ2) is 7.42. The summed E-state index contributed by atoms with van der Waals surface area (Å²) in [6.07, 6.45) is 2.57. The molecule has 3 heterocycles. The molecule has 3 fully saturated rings. The molecule has 5 heteroatoms. The van der Waals surface area contributed by atoms with E-state index < -0.39 is 0 Å². The number of nitrogens with one attached hydrogen (secondary N) is 2. The van der Waals surface area contributed by atoms with Crippen LogP contribution < -0.4 is 15.4 Å². The molecule has 2 aromatic carbocycles. The molecule has 2 bridgehead atoms. The van der Waals surface area contributed by atoms with Crippen molar-refractivity contribution >= 4 is 23.0 Å². The minimum absolute atomic E-state index is 0.475. The summed E-state index contributed by atoms with van der Waals surface area (Å²) in [7, 11) is 0. The molecule has 0 radical (unpaired) electrons. The maximum absolute atomic E-state index is 5.81. The smallest absolute Gasteiger partial charge is 0.171 e. The molecule has 0 aromatic heterocycles. The molecule has 0 aliphatic carbocycles. The first-order valence-electron chi connectivity index (χ1n) is 8.89. The van der Waals surface area contributed by atoms with Gasteiger partial charge >= 0.3 is 0 Å². The van der Waals surface area contributed by atoms with Gasteiger partial charge in [-0.3, -0.25) is 0 Å². The second-order valence-electron chi connectivity index (χ2n) is 6.78. The summed E-state index contributed by atoms with van der Waals surface area (Å²) in [5.41, 5.74) is 0.971. The Morgan fingerprint density at radius 2 is 1.64 bits per heavy atom. The lowest BCUT2D eigenvalue weighted by Gasteiger charge is -2.45. The molecular weight excluding hydrogens is 330 g/mol. The maximum Gasteiger partial charge on any atom is 0.171 e. The summed E-state index contributed by atoms with van der Waals surface area (Å²) in [6.45, 7) is 3.59. The van der Waals surface area contributed by atoms with Gasteiger partial charge in [-0.2, -0.15) is 0 Å². The Hall–Kier alpha value is -2.11. The summed E-state index contributed by atoms with van der Waals surface area (Å²) in [5, 5.41) is 7.49. The van der Waals surface area contributed by atoms with Gasteiger partial charge < -0.3 is 20.3 Å². The van der Waals surface area contributed by atoms with Crippen LogP contribution in [0.5, 0.6) is 11.5 Å². The van der Waals surface area contributed by atoms with E-state index in [1.54, 1.807) is 0 Å². The van der Waals surface area contributed by atoms with Crippen molar-refractivity contribution in [1.29, 1.82) is 0 Å². The van der Waals surface area contributed by atoms with E-state index >= 15 is 0 Å². The molecule has 25 heavy (non-hydrogen) atoms. The summed E-state index contributed by atoms with van der Waals surface area (Å²) < 4.78 is 5.81. The van der Waals surface area contributed by atoms with Gasteiger partial charge in [0.2, 0.25) is 0 Å². The van der Waals surface area contributed by atoms with Crippen LogP contribution in [-0.4, -0.2) is 35.7 Å². The van der Waals surface area contributed by atoms with Crippen LogP contribution in [0.25, 0.3) is 0 Å². The van der Waals surface area contributed by atoms with Crippen molar-refractivity contribution in [3.05, 3.63) is 54.6 Å². The van der Waals surface area contributed by atoms with Gasteiger partial charge in [0.15, 0.2) is 5.11 Å². The zero-order chi connectivity index (χ0) is 17.1. The Labute approximate surface area is 154 Å². The van der Waals surface area contributed by atoms with Crippen LogP contribution in [0.3, 0.4) is 0 Å². The molecule has 0 amide bonds. The zero-order valence-electron chi connectivity index (χ0n) is 14.2. The van der Waals surface area contributed by atoms with Gasteiger partial charge in [-0.15, -0.1) is 0 Å². The highest BCUT2D eigenvalue weighted by Gasteiger charge is 2.34. The molecule has 0 saturated carbocycles. The molecule has 5 rings (SSSR count). The van der Waals surface area contributed by atoms with Gasteiger partial charge in [-0.1, -0.05) is 18.2 Å². The number of benzene rings is 2. The highest BCUT2D eigenvalue weighted by atomic mass is 32.1. The summed E-state index contributed by atoms with van der Waals surface area (Å²) in [6, 6.07) is 18.1. The van der Waals surface area contributed by atoms with E-state index in [0.29, 0.717) is 11.2 Å². The van der Waals surface area contributed by atoms with Crippen molar-refractivity contribution in [2.45, 2.75) is 18.9 Å². The first kappa shape index (κ1) is 16.4. The Morgan fingerprint density at radius 3 is 2.28 bits per heavy atom. The molecular formula is C20H23N3OS. The van der Waals surface area contributed by atoms with Gasteiger partial charge in [0.1, 0.15) is 11.5 Å².